The molecule has 1 N–H and O–H groups in total. The van der Waals surface area contributed by atoms with Crippen molar-refractivity contribution in [2.45, 2.75) is 80.3 Å². The van der Waals surface area contributed by atoms with Crippen molar-refractivity contribution < 1.29 is 57.2 Å². The normalized spacial score (nSPS) is 25.0. The largest absolute Gasteiger partial charge is 0.466 e. The van der Waals surface area contributed by atoms with Crippen molar-refractivity contribution in [3.63, 3.8) is 0 Å². The molecule has 1 aromatic carbocycles. The lowest BCUT2D eigenvalue weighted by Crippen LogP contribution is -2.72. The van der Waals surface area contributed by atoms with E-state index in [4.69, 9.17) is 40.0 Å². The van der Waals surface area contributed by atoms with Crippen LogP contribution in [0.2, 0.25) is 0 Å². The third-order valence-corrected chi connectivity index (χ3v) is 7.59. The summed E-state index contributed by atoms with van der Waals surface area (Å²) in [5.41, 5.74) is 0. The van der Waals surface area contributed by atoms with E-state index in [1.54, 1.807) is 30.3 Å². The average Bonchev–Trinajstić information content (AvgIpc) is 2.88. The summed E-state index contributed by atoms with van der Waals surface area (Å²) in [4.78, 5) is 74.4. The van der Waals surface area contributed by atoms with Gasteiger partial charge in [-0.2, -0.15) is 0 Å². The molecule has 13 nitrogen and oxygen atoms in total. The number of ether oxygens (including phenoxy) is 6. The summed E-state index contributed by atoms with van der Waals surface area (Å²) < 4.78 is 32.5. The zero-order valence-electron chi connectivity index (χ0n) is 23.2. The predicted octanol–water partition coefficient (Wildman–Crippen LogP) is 1.52. The summed E-state index contributed by atoms with van der Waals surface area (Å²) in [7, 11) is 1.06. The van der Waals surface area contributed by atoms with Crippen LogP contribution in [0.25, 0.3) is 0 Å². The van der Waals surface area contributed by atoms with Crippen LogP contribution in [0, 0.1) is 0 Å². The molecule has 7 atom stereocenters. The molecule has 0 bridgehead atoms. The molecule has 1 heterocycles. The molecule has 1 fully saturated rings. The Morgan fingerprint density at radius 3 is 2.05 bits per heavy atom. The van der Waals surface area contributed by atoms with E-state index in [0.29, 0.717) is 4.90 Å². The van der Waals surface area contributed by atoms with Gasteiger partial charge in [0.15, 0.2) is 12.2 Å². The maximum Gasteiger partial charge on any atom is 0.355 e. The minimum atomic E-state index is -2.41. The molecule has 1 aliphatic heterocycles. The van der Waals surface area contributed by atoms with Gasteiger partial charge in [-0.3, -0.25) is 24.0 Å². The molecule has 1 aliphatic rings. The average molecular weight is 618 g/mol. The molecule has 1 amide bonds. The number of rotatable bonds is 11. The third-order valence-electron chi connectivity index (χ3n) is 5.58. The first-order valence-electron chi connectivity index (χ1n) is 12.3. The van der Waals surface area contributed by atoms with Crippen molar-refractivity contribution in [2.75, 3.05) is 13.7 Å². The van der Waals surface area contributed by atoms with Crippen LogP contribution >= 0.6 is 23.4 Å². The van der Waals surface area contributed by atoms with Crippen LogP contribution in [0.1, 0.15) is 34.6 Å². The monoisotopic (exact) mass is 617 g/mol. The van der Waals surface area contributed by atoms with Gasteiger partial charge in [-0.25, -0.2) is 4.79 Å². The summed E-state index contributed by atoms with van der Waals surface area (Å²) in [6.07, 6.45) is -6.16. The van der Waals surface area contributed by atoms with Gasteiger partial charge in [-0.1, -0.05) is 29.8 Å². The Hall–Kier alpha value is -3.36. The number of amides is 1. The highest BCUT2D eigenvalue weighted by Crippen LogP contribution is 2.46. The molecular weight excluding hydrogens is 586 g/mol. The van der Waals surface area contributed by atoms with Crippen LogP contribution in [-0.4, -0.2) is 90.2 Å². The van der Waals surface area contributed by atoms with Crippen LogP contribution in [0.5, 0.6) is 0 Å². The third kappa shape index (κ3) is 9.33. The first kappa shape index (κ1) is 33.8. The van der Waals surface area contributed by atoms with E-state index in [1.807, 2.05) is 0 Å². The van der Waals surface area contributed by atoms with Gasteiger partial charge < -0.3 is 33.7 Å². The van der Waals surface area contributed by atoms with Gasteiger partial charge >= 0.3 is 29.8 Å². The van der Waals surface area contributed by atoms with Gasteiger partial charge in [-0.15, -0.1) is 11.8 Å². The predicted molar refractivity (Wildman–Crippen MR) is 142 cm³/mol. The smallest absolute Gasteiger partial charge is 0.355 e. The Labute approximate surface area is 245 Å². The van der Waals surface area contributed by atoms with Crippen molar-refractivity contribution in [2.24, 2.45) is 0 Å². The second kappa shape index (κ2) is 15.0. The molecule has 41 heavy (non-hydrogen) atoms. The summed E-state index contributed by atoms with van der Waals surface area (Å²) in [6.45, 7) is 4.89. The molecule has 15 heteroatoms. The van der Waals surface area contributed by atoms with Gasteiger partial charge in [0.05, 0.1) is 13.2 Å². The number of methoxy groups -OCH3 is 1. The maximum absolute atomic E-state index is 13.2. The second-order valence-corrected chi connectivity index (χ2v) is 10.7. The number of benzene rings is 1. The molecule has 1 aromatic rings. The molecule has 2 rings (SSSR count). The standard InChI is InChI=1S/C26H32ClNO12S/c1-13(29)28-20-22(21(38-16(4)32)19(37-15(3)31)12-36-14(2)30)40-26(27,25(34)35-6)24(23(20)39-17(5)33)41-18-10-8-7-9-11-18/h7-11,19-24H,12H2,1-6H3,(H,28,29)/t19-,20?,21-,22?,23?,24?,26?/m0/s1. The van der Waals surface area contributed by atoms with E-state index in [-0.39, 0.29) is 0 Å². The Morgan fingerprint density at radius 1 is 0.951 bits per heavy atom. The first-order chi connectivity index (χ1) is 19.2. The summed E-state index contributed by atoms with van der Waals surface area (Å²) >= 11 is 7.89. The van der Waals surface area contributed by atoms with Crippen molar-refractivity contribution >= 4 is 59.1 Å². The number of hydrogen-bond acceptors (Lipinski definition) is 13. The number of carbonyl (C=O) groups is 6. The Balaban J connectivity index is 2.79. The van der Waals surface area contributed by atoms with Gasteiger partial charge in [0.2, 0.25) is 5.91 Å². The topological polar surface area (TPSA) is 170 Å². The van der Waals surface area contributed by atoms with Crippen molar-refractivity contribution in [3.05, 3.63) is 30.3 Å². The number of alkyl halides is 1. The minimum Gasteiger partial charge on any atom is -0.466 e. The Bertz CT molecular complexity index is 1130. The molecule has 0 aliphatic carbocycles. The number of nitrogens with one attached hydrogen (secondary N) is 1. The molecule has 0 aromatic heterocycles. The fourth-order valence-electron chi connectivity index (χ4n) is 4.17. The van der Waals surface area contributed by atoms with E-state index in [0.717, 1.165) is 46.6 Å². The summed E-state index contributed by atoms with van der Waals surface area (Å²) in [6, 6.07) is 7.29. The van der Waals surface area contributed by atoms with E-state index in [9.17, 15) is 28.8 Å². The molecule has 226 valence electrons. The highest BCUT2D eigenvalue weighted by molar-refractivity contribution is 8.00. The van der Waals surface area contributed by atoms with Gasteiger partial charge in [0.25, 0.3) is 5.06 Å². The maximum atomic E-state index is 13.2. The minimum absolute atomic E-state index is 0.594. The Kier molecular flexibility index (Phi) is 12.4. The molecule has 1 saturated heterocycles. The van der Waals surface area contributed by atoms with Crippen LogP contribution in [0.3, 0.4) is 0 Å². The van der Waals surface area contributed by atoms with Gasteiger partial charge in [-0.05, 0) is 12.1 Å². The molecular formula is C26H32ClNO12S. The molecule has 0 saturated carbocycles. The lowest BCUT2D eigenvalue weighted by atomic mass is 9.88. The fourth-order valence-corrected chi connectivity index (χ4v) is 5.88. The van der Waals surface area contributed by atoms with E-state index in [2.05, 4.69) is 5.32 Å². The zero-order chi connectivity index (χ0) is 30.9. The van der Waals surface area contributed by atoms with Gasteiger partial charge in [0.1, 0.15) is 24.1 Å². The summed E-state index contributed by atoms with van der Waals surface area (Å²) in [5, 5.41) is -1.03. The highest BCUT2D eigenvalue weighted by Gasteiger charge is 2.63. The Morgan fingerprint density at radius 2 is 1.56 bits per heavy atom. The quantitative estimate of drug-likeness (QED) is 0.215. The van der Waals surface area contributed by atoms with Crippen LogP contribution in [0.15, 0.2) is 35.2 Å². The summed E-state index contributed by atoms with van der Waals surface area (Å²) in [5.74, 6) is -4.98. The first-order valence-corrected chi connectivity index (χ1v) is 13.5. The lowest BCUT2D eigenvalue weighted by Gasteiger charge is -2.50. The molecule has 0 radical (unpaired) electrons. The highest BCUT2D eigenvalue weighted by atomic mass is 35.5. The van der Waals surface area contributed by atoms with Crippen LogP contribution in [-0.2, 0) is 57.2 Å². The second-order valence-electron chi connectivity index (χ2n) is 8.90. The molecule has 0 spiro atoms. The molecule has 5 unspecified atom stereocenters. The lowest BCUT2D eigenvalue weighted by molar-refractivity contribution is -0.223. The van der Waals surface area contributed by atoms with Crippen LogP contribution in [0.4, 0.5) is 0 Å². The number of thioether (sulfide) groups is 1. The number of hydrogen-bond donors (Lipinski definition) is 1. The fraction of sp³-hybridized carbons (Fsp3) is 0.538. The van der Waals surface area contributed by atoms with Gasteiger partial charge in [0, 0.05) is 39.5 Å². The van der Waals surface area contributed by atoms with E-state index >= 15 is 0 Å². The van der Waals surface area contributed by atoms with Crippen molar-refractivity contribution in [1.82, 2.24) is 5.32 Å². The van der Waals surface area contributed by atoms with E-state index < -0.39 is 83.1 Å². The zero-order valence-corrected chi connectivity index (χ0v) is 24.8. The van der Waals surface area contributed by atoms with E-state index in [1.165, 1.54) is 6.92 Å². The number of esters is 5. The SMILES string of the molecule is COC(=O)C1(Cl)OC([C@@H](OC(C)=O)[C@H](COC(C)=O)OC(C)=O)C(NC(C)=O)C(OC(C)=O)C1Sc1ccccc1. The van der Waals surface area contributed by atoms with Crippen molar-refractivity contribution in [1.29, 1.82) is 0 Å². The number of carbonyl (C=O) groups excluding carboxylic acids is 6. The van der Waals surface area contributed by atoms with Crippen molar-refractivity contribution in [3.8, 4) is 0 Å². The number of halogens is 1. The van der Waals surface area contributed by atoms with Crippen LogP contribution < -0.4 is 5.32 Å².